The van der Waals surface area contributed by atoms with Gasteiger partial charge in [-0.1, -0.05) is 41.5 Å². The van der Waals surface area contributed by atoms with Gasteiger partial charge >= 0.3 is 5.69 Å². The highest BCUT2D eigenvalue weighted by atomic mass is 19.1. The highest BCUT2D eigenvalue weighted by molar-refractivity contribution is 5.54. The molecule has 0 radical (unpaired) electrons. The first-order valence-corrected chi connectivity index (χ1v) is 18.8. The van der Waals surface area contributed by atoms with Crippen molar-refractivity contribution < 1.29 is 23.0 Å². The molecular formula is C41H50F2N8O4. The predicted octanol–water partition coefficient (Wildman–Crippen LogP) is 6.29. The molecule has 1 unspecified atom stereocenters. The fraction of sp³-hybridized carbons (Fsp3) is 0.463. The van der Waals surface area contributed by atoms with Gasteiger partial charge in [-0.15, -0.1) is 0 Å². The van der Waals surface area contributed by atoms with Crippen molar-refractivity contribution in [1.29, 1.82) is 0 Å². The molecule has 55 heavy (non-hydrogen) atoms. The van der Waals surface area contributed by atoms with Gasteiger partial charge in [0.05, 0.1) is 18.8 Å². The fourth-order valence-electron chi connectivity index (χ4n) is 7.93. The summed E-state index contributed by atoms with van der Waals surface area (Å²) in [6.45, 7) is 17.6. The van der Waals surface area contributed by atoms with Crippen molar-refractivity contribution in [2.45, 2.75) is 66.5 Å². The van der Waals surface area contributed by atoms with E-state index in [4.69, 9.17) is 14.2 Å². The Labute approximate surface area is 320 Å². The average molecular weight is 757 g/mol. The maximum Gasteiger partial charge on any atom is 0.350 e. The van der Waals surface area contributed by atoms with Gasteiger partial charge in [0.2, 0.25) is 5.79 Å². The number of hydrogen-bond acceptors (Lipinski definition) is 9. The Balaban J connectivity index is 0.917. The van der Waals surface area contributed by atoms with Crippen LogP contribution in [0.15, 0.2) is 90.5 Å². The van der Waals surface area contributed by atoms with E-state index in [0.717, 1.165) is 49.3 Å². The summed E-state index contributed by atoms with van der Waals surface area (Å²) >= 11 is 0. The van der Waals surface area contributed by atoms with E-state index < -0.39 is 23.5 Å². The molecule has 0 N–H and O–H groups in total. The minimum atomic E-state index is -1.51. The van der Waals surface area contributed by atoms with Crippen LogP contribution in [0.5, 0.6) is 5.75 Å². The molecule has 0 aliphatic carbocycles. The highest BCUT2D eigenvalue weighted by Crippen LogP contribution is 2.41. The van der Waals surface area contributed by atoms with Crippen LogP contribution in [0.3, 0.4) is 0 Å². The summed E-state index contributed by atoms with van der Waals surface area (Å²) in [5.41, 5.74) is 3.01. The van der Waals surface area contributed by atoms with Gasteiger partial charge in [-0.3, -0.25) is 0 Å². The molecule has 2 aromatic heterocycles. The van der Waals surface area contributed by atoms with Gasteiger partial charge in [-0.2, -0.15) is 10.2 Å². The molecule has 2 aliphatic rings. The first kappa shape index (κ1) is 38.2. The minimum Gasteiger partial charge on any atom is -0.491 e. The van der Waals surface area contributed by atoms with Crippen LogP contribution in [0.2, 0.25) is 0 Å². The Morgan fingerprint density at radius 1 is 0.836 bits per heavy atom. The van der Waals surface area contributed by atoms with E-state index in [1.807, 2.05) is 36.4 Å². The molecule has 4 heterocycles. The van der Waals surface area contributed by atoms with Gasteiger partial charge in [0.15, 0.2) is 0 Å². The molecule has 2 saturated heterocycles. The zero-order chi connectivity index (χ0) is 39.0. The summed E-state index contributed by atoms with van der Waals surface area (Å²) in [5.74, 6) is -2.04. The third-order valence-electron chi connectivity index (χ3n) is 10.6. The van der Waals surface area contributed by atoms with Crippen molar-refractivity contribution >= 4 is 11.4 Å². The highest BCUT2D eigenvalue weighted by Gasteiger charge is 2.46. The largest absolute Gasteiger partial charge is 0.491 e. The maximum atomic E-state index is 14.9. The molecule has 0 bridgehead atoms. The standard InChI is InChI=1S/C41H50F2N8O4/c1-39(2,3)37(40(4,5)6)22-51-38(52)50(28-46-51)32-10-8-30(9-11-32)47-17-19-48(20-18-47)31-12-14-33(15-13-31)53-23-34-24-54-41(55-34,25-49-27-44-26-45-49)35-16-7-29(42)21-36(35)43/h7-16,21,26-28,34,37H,17-20,22-25H2,1-6H3/t34-,41?/m0/s1. The lowest BCUT2D eigenvalue weighted by atomic mass is 9.66. The molecule has 2 aliphatic heterocycles. The lowest BCUT2D eigenvalue weighted by molar-refractivity contribution is -0.192. The van der Waals surface area contributed by atoms with Crippen molar-refractivity contribution in [3.05, 3.63) is 113 Å². The van der Waals surface area contributed by atoms with Gasteiger partial charge in [0.1, 0.15) is 55.6 Å². The number of ether oxygens (including phenoxy) is 3. The molecule has 2 atom stereocenters. The second kappa shape index (κ2) is 15.2. The quantitative estimate of drug-likeness (QED) is 0.154. The Morgan fingerprint density at radius 3 is 2.04 bits per heavy atom. The van der Waals surface area contributed by atoms with Gasteiger partial charge in [-0.25, -0.2) is 32.5 Å². The monoisotopic (exact) mass is 756 g/mol. The molecule has 0 spiro atoms. The number of benzene rings is 3. The summed E-state index contributed by atoms with van der Waals surface area (Å²) in [6.07, 6.45) is 3.97. The number of anilines is 2. The van der Waals surface area contributed by atoms with Crippen molar-refractivity contribution in [3.8, 4) is 11.4 Å². The minimum absolute atomic E-state index is 0.0289. The molecule has 12 nitrogen and oxygen atoms in total. The van der Waals surface area contributed by atoms with E-state index >= 15 is 0 Å². The number of piperazine rings is 1. The van der Waals surface area contributed by atoms with Crippen LogP contribution < -0.4 is 20.2 Å². The molecule has 5 aromatic rings. The third-order valence-corrected chi connectivity index (χ3v) is 10.6. The van der Waals surface area contributed by atoms with Crippen molar-refractivity contribution in [2.75, 3.05) is 49.2 Å². The maximum absolute atomic E-state index is 14.9. The number of rotatable bonds is 11. The molecule has 292 valence electrons. The second-order valence-corrected chi connectivity index (χ2v) is 16.6. The first-order chi connectivity index (χ1) is 26.2. The predicted molar refractivity (Wildman–Crippen MR) is 205 cm³/mol. The number of hydrogen-bond donors (Lipinski definition) is 0. The summed E-state index contributed by atoms with van der Waals surface area (Å²) in [5, 5.41) is 8.60. The molecular weight excluding hydrogens is 706 g/mol. The van der Waals surface area contributed by atoms with Crippen LogP contribution in [0.25, 0.3) is 5.69 Å². The van der Waals surface area contributed by atoms with Gasteiger partial charge < -0.3 is 24.0 Å². The third kappa shape index (κ3) is 8.45. The van der Waals surface area contributed by atoms with Gasteiger partial charge in [-0.05, 0) is 77.4 Å². The summed E-state index contributed by atoms with van der Waals surface area (Å²) in [7, 11) is 0. The molecule has 7 rings (SSSR count). The lowest BCUT2D eigenvalue weighted by Crippen LogP contribution is -2.46. The van der Waals surface area contributed by atoms with E-state index in [2.05, 4.69) is 78.7 Å². The van der Waals surface area contributed by atoms with Crippen LogP contribution in [0.4, 0.5) is 20.2 Å². The Kier molecular flexibility index (Phi) is 10.6. The van der Waals surface area contributed by atoms with Crippen LogP contribution in [-0.2, 0) is 28.4 Å². The molecule has 2 fully saturated rings. The van der Waals surface area contributed by atoms with Crippen LogP contribution in [0, 0.1) is 28.4 Å². The topological polar surface area (TPSA) is 105 Å². The smallest absolute Gasteiger partial charge is 0.350 e. The van der Waals surface area contributed by atoms with E-state index in [1.165, 1.54) is 29.5 Å². The van der Waals surface area contributed by atoms with Gasteiger partial charge in [0, 0.05) is 49.2 Å². The SMILES string of the molecule is CC(C)(C)C(Cn1ncn(-c2ccc(N3CCN(c4ccc(OC[C@H]5COC(Cn6cncn6)(c6ccc(F)cc6F)O5)cc4)CC3)cc2)c1=O)C(C)(C)C. The summed E-state index contributed by atoms with van der Waals surface area (Å²) < 4.78 is 51.7. The van der Waals surface area contributed by atoms with Crippen molar-refractivity contribution in [3.63, 3.8) is 0 Å². The van der Waals surface area contributed by atoms with Gasteiger partial charge in [0.25, 0.3) is 0 Å². The van der Waals surface area contributed by atoms with Crippen LogP contribution >= 0.6 is 0 Å². The zero-order valence-corrected chi connectivity index (χ0v) is 32.4. The average Bonchev–Trinajstić information content (AvgIpc) is 3.90. The van der Waals surface area contributed by atoms with E-state index in [1.54, 1.807) is 15.6 Å². The fourth-order valence-corrected chi connectivity index (χ4v) is 7.93. The molecule has 0 amide bonds. The Morgan fingerprint density at radius 2 is 1.45 bits per heavy atom. The number of halogens is 2. The van der Waals surface area contributed by atoms with Crippen molar-refractivity contribution in [2.24, 2.45) is 16.7 Å². The molecule has 3 aromatic carbocycles. The second-order valence-electron chi connectivity index (χ2n) is 16.6. The first-order valence-electron chi connectivity index (χ1n) is 18.8. The van der Waals surface area contributed by atoms with Crippen molar-refractivity contribution in [1.82, 2.24) is 29.1 Å². The number of nitrogens with zero attached hydrogens (tertiary/aromatic N) is 8. The van der Waals surface area contributed by atoms with Crippen LogP contribution in [0.1, 0.15) is 47.1 Å². The Bertz CT molecular complexity index is 2080. The lowest BCUT2D eigenvalue weighted by Gasteiger charge is -2.40. The van der Waals surface area contributed by atoms with E-state index in [-0.39, 0.29) is 47.8 Å². The Hall–Kier alpha value is -5.08. The van der Waals surface area contributed by atoms with E-state index in [0.29, 0.717) is 12.3 Å². The normalized spacial score (nSPS) is 19.4. The summed E-state index contributed by atoms with van der Waals surface area (Å²) in [4.78, 5) is 22.0. The number of aromatic nitrogens is 6. The molecule has 14 heteroatoms. The zero-order valence-electron chi connectivity index (χ0n) is 32.4. The molecule has 0 saturated carbocycles. The van der Waals surface area contributed by atoms with Crippen LogP contribution in [-0.4, -0.2) is 74.6 Å². The van der Waals surface area contributed by atoms with E-state index in [9.17, 15) is 13.6 Å². The summed E-state index contributed by atoms with van der Waals surface area (Å²) in [6, 6.07) is 19.4.